The number of nitrogens with one attached hydrogen (secondary N) is 1. The molecule has 2 aromatic carbocycles. The van der Waals surface area contributed by atoms with E-state index in [1.807, 2.05) is 10.9 Å². The molecule has 1 aromatic heterocycles. The van der Waals surface area contributed by atoms with Gasteiger partial charge in [-0.2, -0.15) is 5.10 Å². The number of aromatic nitrogens is 2. The summed E-state index contributed by atoms with van der Waals surface area (Å²) in [4.78, 5) is 0. The van der Waals surface area contributed by atoms with Crippen molar-refractivity contribution < 1.29 is 0 Å². The van der Waals surface area contributed by atoms with Crippen LogP contribution in [-0.4, -0.2) is 15.8 Å². The Labute approximate surface area is 132 Å². The summed E-state index contributed by atoms with van der Waals surface area (Å²) < 4.78 is 3.09. The third-order valence-electron chi connectivity index (χ3n) is 3.89. The number of rotatable bonds is 4. The molecule has 0 bridgehead atoms. The molecule has 1 aliphatic rings. The van der Waals surface area contributed by atoms with Gasteiger partial charge in [-0.3, -0.25) is 0 Å². The molecule has 0 aliphatic heterocycles. The summed E-state index contributed by atoms with van der Waals surface area (Å²) in [5.41, 5.74) is 2.21. The van der Waals surface area contributed by atoms with E-state index in [1.165, 1.54) is 23.6 Å². The van der Waals surface area contributed by atoms with Crippen LogP contribution in [0.3, 0.4) is 0 Å². The minimum atomic E-state index is 0.712. The van der Waals surface area contributed by atoms with Gasteiger partial charge in [0.2, 0.25) is 0 Å². The SMILES string of the molecule is Brc1ccc(-n2ccc(CNC3CC3)n2)c2ccccc12. The molecule has 0 amide bonds. The standard InChI is InChI=1S/C17H16BrN3/c18-16-7-8-17(15-4-2-1-3-14(15)16)21-10-9-13(20-21)11-19-12-5-6-12/h1-4,7-10,12,19H,5-6,11H2. The van der Waals surface area contributed by atoms with Crippen LogP contribution in [0.15, 0.2) is 53.1 Å². The van der Waals surface area contributed by atoms with Crippen molar-refractivity contribution >= 4 is 26.7 Å². The second-order valence-corrected chi connectivity index (χ2v) is 6.37. The van der Waals surface area contributed by atoms with Gasteiger partial charge in [0.15, 0.2) is 0 Å². The first-order valence-corrected chi connectivity index (χ1v) is 8.06. The highest BCUT2D eigenvalue weighted by Gasteiger charge is 2.20. The van der Waals surface area contributed by atoms with Crippen molar-refractivity contribution in [2.45, 2.75) is 25.4 Å². The zero-order valence-electron chi connectivity index (χ0n) is 11.6. The first-order chi connectivity index (χ1) is 10.3. The summed E-state index contributed by atoms with van der Waals surface area (Å²) in [7, 11) is 0. The topological polar surface area (TPSA) is 29.9 Å². The molecule has 4 rings (SSSR count). The molecule has 0 unspecified atom stereocenters. The van der Waals surface area contributed by atoms with Crippen LogP contribution >= 0.6 is 15.9 Å². The predicted octanol–water partition coefficient (Wildman–Crippen LogP) is 4.04. The van der Waals surface area contributed by atoms with Crippen molar-refractivity contribution in [3.05, 3.63) is 58.8 Å². The summed E-state index contributed by atoms with van der Waals surface area (Å²) in [6, 6.07) is 15.4. The molecule has 0 spiro atoms. The molecule has 0 radical (unpaired) electrons. The Morgan fingerprint density at radius 1 is 1.10 bits per heavy atom. The van der Waals surface area contributed by atoms with Gasteiger partial charge in [-0.1, -0.05) is 40.2 Å². The number of fused-ring (bicyclic) bond motifs is 1. The molecule has 4 heteroatoms. The molecule has 1 saturated carbocycles. The average molecular weight is 342 g/mol. The lowest BCUT2D eigenvalue weighted by Gasteiger charge is -2.08. The second-order valence-electron chi connectivity index (χ2n) is 5.52. The number of hydrogen-bond donors (Lipinski definition) is 1. The maximum Gasteiger partial charge on any atom is 0.0766 e. The van der Waals surface area contributed by atoms with Gasteiger partial charge in [0.05, 0.1) is 11.4 Å². The van der Waals surface area contributed by atoms with Crippen LogP contribution in [0.4, 0.5) is 0 Å². The van der Waals surface area contributed by atoms with Gasteiger partial charge in [0.1, 0.15) is 0 Å². The maximum atomic E-state index is 4.70. The van der Waals surface area contributed by atoms with Crippen LogP contribution in [0, 0.1) is 0 Å². The smallest absolute Gasteiger partial charge is 0.0766 e. The predicted molar refractivity (Wildman–Crippen MR) is 88.6 cm³/mol. The highest BCUT2D eigenvalue weighted by Crippen LogP contribution is 2.28. The van der Waals surface area contributed by atoms with E-state index >= 15 is 0 Å². The number of benzene rings is 2. The number of halogens is 1. The van der Waals surface area contributed by atoms with Gasteiger partial charge in [0.25, 0.3) is 0 Å². The van der Waals surface area contributed by atoms with Crippen LogP contribution in [0.1, 0.15) is 18.5 Å². The second kappa shape index (κ2) is 5.28. The first kappa shape index (κ1) is 13.0. The van der Waals surface area contributed by atoms with Crippen molar-refractivity contribution in [1.82, 2.24) is 15.1 Å². The van der Waals surface area contributed by atoms with Crippen molar-refractivity contribution in [3.63, 3.8) is 0 Å². The molecular weight excluding hydrogens is 326 g/mol. The lowest BCUT2D eigenvalue weighted by molar-refractivity contribution is 0.665. The van der Waals surface area contributed by atoms with E-state index in [-0.39, 0.29) is 0 Å². The highest BCUT2D eigenvalue weighted by molar-refractivity contribution is 9.10. The van der Waals surface area contributed by atoms with Crippen molar-refractivity contribution in [2.24, 2.45) is 0 Å². The van der Waals surface area contributed by atoms with E-state index in [4.69, 9.17) is 5.10 Å². The van der Waals surface area contributed by atoms with Crippen LogP contribution in [0.2, 0.25) is 0 Å². The van der Waals surface area contributed by atoms with Crippen LogP contribution < -0.4 is 5.32 Å². The molecule has 3 aromatic rings. The lowest BCUT2D eigenvalue weighted by atomic mass is 10.1. The van der Waals surface area contributed by atoms with Gasteiger partial charge >= 0.3 is 0 Å². The fraction of sp³-hybridized carbons (Fsp3) is 0.235. The zero-order valence-corrected chi connectivity index (χ0v) is 13.2. The van der Waals surface area contributed by atoms with E-state index in [2.05, 4.69) is 63.7 Å². The van der Waals surface area contributed by atoms with E-state index in [0.29, 0.717) is 6.04 Å². The molecule has 21 heavy (non-hydrogen) atoms. The number of nitrogens with zero attached hydrogens (tertiary/aromatic N) is 2. The Hall–Kier alpha value is -1.65. The molecule has 1 fully saturated rings. The Morgan fingerprint density at radius 2 is 1.90 bits per heavy atom. The molecule has 1 N–H and O–H groups in total. The molecule has 1 heterocycles. The Kier molecular flexibility index (Phi) is 3.28. The van der Waals surface area contributed by atoms with Crippen LogP contribution in [-0.2, 0) is 6.54 Å². The van der Waals surface area contributed by atoms with E-state index in [0.717, 1.165) is 22.4 Å². The number of hydrogen-bond acceptors (Lipinski definition) is 2. The quantitative estimate of drug-likeness (QED) is 0.776. The lowest BCUT2D eigenvalue weighted by Crippen LogP contribution is -2.15. The van der Waals surface area contributed by atoms with Crippen LogP contribution in [0.25, 0.3) is 16.5 Å². The zero-order chi connectivity index (χ0) is 14.2. The van der Waals surface area contributed by atoms with E-state index < -0.39 is 0 Å². The minimum Gasteiger partial charge on any atom is -0.308 e. The minimum absolute atomic E-state index is 0.712. The highest BCUT2D eigenvalue weighted by atomic mass is 79.9. The third-order valence-corrected chi connectivity index (χ3v) is 4.58. The van der Waals surface area contributed by atoms with Gasteiger partial charge in [-0.05, 0) is 36.4 Å². The average Bonchev–Trinajstić information content (AvgIpc) is 3.23. The Bertz CT molecular complexity index is 790. The fourth-order valence-corrected chi connectivity index (χ4v) is 3.05. The normalized spacial score (nSPS) is 14.7. The van der Waals surface area contributed by atoms with Crippen molar-refractivity contribution in [3.8, 4) is 5.69 Å². The van der Waals surface area contributed by atoms with Gasteiger partial charge in [0, 0.05) is 28.6 Å². The van der Waals surface area contributed by atoms with Crippen LogP contribution in [0.5, 0.6) is 0 Å². The third kappa shape index (κ3) is 2.61. The molecular formula is C17H16BrN3. The summed E-state index contributed by atoms with van der Waals surface area (Å²) in [6.45, 7) is 0.853. The molecule has 0 atom stereocenters. The molecule has 106 valence electrons. The summed E-state index contributed by atoms with van der Waals surface area (Å²) >= 11 is 3.62. The summed E-state index contributed by atoms with van der Waals surface area (Å²) in [5, 5.41) is 10.6. The molecule has 0 saturated heterocycles. The van der Waals surface area contributed by atoms with Gasteiger partial charge in [-0.15, -0.1) is 0 Å². The monoisotopic (exact) mass is 341 g/mol. The Balaban J connectivity index is 1.70. The molecule has 3 nitrogen and oxygen atoms in total. The van der Waals surface area contributed by atoms with Crippen molar-refractivity contribution in [2.75, 3.05) is 0 Å². The van der Waals surface area contributed by atoms with Gasteiger partial charge < -0.3 is 5.32 Å². The largest absolute Gasteiger partial charge is 0.308 e. The molecule has 1 aliphatic carbocycles. The fourth-order valence-electron chi connectivity index (χ4n) is 2.57. The first-order valence-electron chi connectivity index (χ1n) is 7.27. The van der Waals surface area contributed by atoms with Crippen molar-refractivity contribution in [1.29, 1.82) is 0 Å². The Morgan fingerprint density at radius 3 is 2.71 bits per heavy atom. The van der Waals surface area contributed by atoms with E-state index in [9.17, 15) is 0 Å². The summed E-state index contributed by atoms with van der Waals surface area (Å²) in [5.74, 6) is 0. The van der Waals surface area contributed by atoms with E-state index in [1.54, 1.807) is 0 Å². The summed E-state index contributed by atoms with van der Waals surface area (Å²) in [6.07, 6.45) is 4.65. The van der Waals surface area contributed by atoms with Gasteiger partial charge in [-0.25, -0.2) is 4.68 Å². The maximum absolute atomic E-state index is 4.70.